The molecule has 3 fully saturated rings. The molecule has 6 heteroatoms. The van der Waals surface area contributed by atoms with Gasteiger partial charge in [-0.1, -0.05) is 0 Å². The number of morpholine rings is 1. The molecule has 0 spiro atoms. The van der Waals surface area contributed by atoms with Crippen LogP contribution >= 0.6 is 0 Å². The molecule has 2 amide bonds. The molecule has 3 rings (SSSR count). The highest BCUT2D eigenvalue weighted by Crippen LogP contribution is 2.29. The number of amides is 2. The third kappa shape index (κ3) is 4.83. The van der Waals surface area contributed by atoms with Gasteiger partial charge in [0.1, 0.15) is 0 Å². The number of ether oxygens (including phenoxy) is 2. The molecule has 2 unspecified atom stereocenters. The van der Waals surface area contributed by atoms with Gasteiger partial charge in [0.2, 0.25) is 0 Å². The van der Waals surface area contributed by atoms with Crippen molar-refractivity contribution in [1.82, 2.24) is 15.1 Å². The van der Waals surface area contributed by atoms with Gasteiger partial charge in [0.25, 0.3) is 0 Å². The standard InChI is InChI=1S/C16H29N3O3/c1-18(10-13-4-5-13)11-15-12-19(6-8-22-15)16(20)17-9-14-3-2-7-21-14/h13-15H,2-12H2,1H3,(H,17,20). The Morgan fingerprint density at radius 3 is 2.73 bits per heavy atom. The molecule has 6 nitrogen and oxygen atoms in total. The largest absolute Gasteiger partial charge is 0.376 e. The highest BCUT2D eigenvalue weighted by atomic mass is 16.5. The highest BCUT2D eigenvalue weighted by molar-refractivity contribution is 5.74. The molecule has 0 aromatic carbocycles. The van der Waals surface area contributed by atoms with E-state index >= 15 is 0 Å². The van der Waals surface area contributed by atoms with Crippen LogP contribution in [-0.2, 0) is 9.47 Å². The fraction of sp³-hybridized carbons (Fsp3) is 0.938. The number of likely N-dealkylation sites (N-methyl/N-ethyl adjacent to an activating group) is 1. The third-order valence-corrected chi connectivity index (χ3v) is 4.71. The average Bonchev–Trinajstić information content (AvgIpc) is 3.16. The van der Waals surface area contributed by atoms with Crippen LogP contribution in [0.3, 0.4) is 0 Å². The van der Waals surface area contributed by atoms with Crippen molar-refractivity contribution < 1.29 is 14.3 Å². The van der Waals surface area contributed by atoms with E-state index in [0.717, 1.165) is 38.5 Å². The number of nitrogens with one attached hydrogen (secondary N) is 1. The summed E-state index contributed by atoms with van der Waals surface area (Å²) in [5.74, 6) is 0.888. The smallest absolute Gasteiger partial charge is 0.317 e. The van der Waals surface area contributed by atoms with E-state index in [4.69, 9.17) is 9.47 Å². The van der Waals surface area contributed by atoms with Crippen LogP contribution in [0.1, 0.15) is 25.7 Å². The summed E-state index contributed by atoms with van der Waals surface area (Å²) in [7, 11) is 2.15. The summed E-state index contributed by atoms with van der Waals surface area (Å²) in [6, 6.07) is 0.0219. The van der Waals surface area contributed by atoms with E-state index in [0.29, 0.717) is 26.2 Å². The Labute approximate surface area is 133 Å². The Hall–Kier alpha value is -0.850. The molecule has 1 saturated carbocycles. The van der Waals surface area contributed by atoms with Gasteiger partial charge in [-0.3, -0.25) is 0 Å². The Bertz CT molecular complexity index is 370. The number of urea groups is 1. The van der Waals surface area contributed by atoms with Gasteiger partial charge in [-0.05, 0) is 38.6 Å². The Balaban J connectivity index is 1.37. The van der Waals surface area contributed by atoms with Gasteiger partial charge < -0.3 is 24.6 Å². The van der Waals surface area contributed by atoms with Crippen LogP contribution in [0.4, 0.5) is 4.79 Å². The molecule has 126 valence electrons. The topological polar surface area (TPSA) is 54.0 Å². The summed E-state index contributed by atoms with van der Waals surface area (Å²) in [5.41, 5.74) is 0. The molecule has 0 radical (unpaired) electrons. The van der Waals surface area contributed by atoms with E-state index < -0.39 is 0 Å². The molecular weight excluding hydrogens is 282 g/mol. The predicted molar refractivity (Wildman–Crippen MR) is 83.9 cm³/mol. The van der Waals surface area contributed by atoms with Crippen molar-refractivity contribution in [2.24, 2.45) is 5.92 Å². The van der Waals surface area contributed by atoms with Crippen LogP contribution in [0.25, 0.3) is 0 Å². The first-order valence-corrected chi connectivity index (χ1v) is 8.65. The number of nitrogens with zero attached hydrogens (tertiary/aromatic N) is 2. The van der Waals surface area contributed by atoms with Crippen molar-refractivity contribution in [3.63, 3.8) is 0 Å². The first kappa shape index (κ1) is 16.0. The summed E-state index contributed by atoms with van der Waals surface area (Å²) in [5, 5.41) is 3.00. The maximum atomic E-state index is 12.3. The molecule has 1 N–H and O–H groups in total. The van der Waals surface area contributed by atoms with Crippen molar-refractivity contribution in [1.29, 1.82) is 0 Å². The lowest BCUT2D eigenvalue weighted by Gasteiger charge is -2.35. The molecule has 2 heterocycles. The van der Waals surface area contributed by atoms with E-state index in [1.54, 1.807) is 0 Å². The second-order valence-corrected chi connectivity index (χ2v) is 6.92. The van der Waals surface area contributed by atoms with Crippen LogP contribution in [0.15, 0.2) is 0 Å². The fourth-order valence-electron chi connectivity index (χ4n) is 3.30. The fourth-order valence-corrected chi connectivity index (χ4v) is 3.30. The number of hydrogen-bond donors (Lipinski definition) is 1. The number of hydrogen-bond acceptors (Lipinski definition) is 4. The second-order valence-electron chi connectivity index (χ2n) is 6.92. The average molecular weight is 311 g/mol. The van der Waals surface area contributed by atoms with E-state index in [1.165, 1.54) is 12.8 Å². The molecule has 22 heavy (non-hydrogen) atoms. The summed E-state index contributed by atoms with van der Waals surface area (Å²) < 4.78 is 11.4. The molecule has 2 aliphatic heterocycles. The zero-order valence-corrected chi connectivity index (χ0v) is 13.6. The Morgan fingerprint density at radius 2 is 2.00 bits per heavy atom. The molecule has 3 aliphatic rings. The van der Waals surface area contributed by atoms with Crippen LogP contribution in [0, 0.1) is 5.92 Å². The molecule has 0 aromatic rings. The maximum Gasteiger partial charge on any atom is 0.317 e. The normalized spacial score (nSPS) is 29.1. The molecular formula is C16H29N3O3. The monoisotopic (exact) mass is 311 g/mol. The predicted octanol–water partition coefficient (Wildman–Crippen LogP) is 0.918. The first-order valence-electron chi connectivity index (χ1n) is 8.65. The van der Waals surface area contributed by atoms with E-state index in [9.17, 15) is 4.79 Å². The maximum absolute atomic E-state index is 12.3. The Morgan fingerprint density at radius 1 is 1.18 bits per heavy atom. The minimum atomic E-state index is 0.0219. The SMILES string of the molecule is CN(CC1CC1)CC1CN(C(=O)NCC2CCCO2)CCO1. The summed E-state index contributed by atoms with van der Waals surface area (Å²) in [6.07, 6.45) is 5.23. The second kappa shape index (κ2) is 7.62. The number of rotatable bonds is 6. The lowest BCUT2D eigenvalue weighted by molar-refractivity contribution is -0.0280. The Kier molecular flexibility index (Phi) is 5.55. The summed E-state index contributed by atoms with van der Waals surface area (Å²) in [4.78, 5) is 16.5. The van der Waals surface area contributed by atoms with E-state index in [1.807, 2.05) is 4.90 Å². The third-order valence-electron chi connectivity index (χ3n) is 4.71. The number of carbonyl (C=O) groups excluding carboxylic acids is 1. The zero-order valence-electron chi connectivity index (χ0n) is 13.6. The van der Waals surface area contributed by atoms with Crippen LogP contribution < -0.4 is 5.32 Å². The van der Waals surface area contributed by atoms with E-state index in [2.05, 4.69) is 17.3 Å². The first-order chi connectivity index (χ1) is 10.7. The van der Waals surface area contributed by atoms with Gasteiger partial charge in [0, 0.05) is 39.3 Å². The lowest BCUT2D eigenvalue weighted by atomic mass is 10.2. The van der Waals surface area contributed by atoms with Gasteiger partial charge in [0.15, 0.2) is 0 Å². The van der Waals surface area contributed by atoms with Crippen molar-refractivity contribution in [2.75, 3.05) is 53.0 Å². The quantitative estimate of drug-likeness (QED) is 0.792. The highest BCUT2D eigenvalue weighted by Gasteiger charge is 2.28. The van der Waals surface area contributed by atoms with Crippen molar-refractivity contribution in [2.45, 2.75) is 37.9 Å². The van der Waals surface area contributed by atoms with Crippen molar-refractivity contribution in [3.8, 4) is 0 Å². The van der Waals surface area contributed by atoms with Gasteiger partial charge >= 0.3 is 6.03 Å². The molecule has 0 aromatic heterocycles. The van der Waals surface area contributed by atoms with Gasteiger partial charge in [-0.2, -0.15) is 0 Å². The van der Waals surface area contributed by atoms with Gasteiger partial charge in [-0.25, -0.2) is 4.79 Å². The molecule has 0 bridgehead atoms. The van der Waals surface area contributed by atoms with Gasteiger partial charge in [0.05, 0.1) is 18.8 Å². The van der Waals surface area contributed by atoms with Crippen molar-refractivity contribution >= 4 is 6.03 Å². The van der Waals surface area contributed by atoms with Crippen LogP contribution in [-0.4, -0.2) is 81.0 Å². The van der Waals surface area contributed by atoms with Crippen LogP contribution in [0.2, 0.25) is 0 Å². The summed E-state index contributed by atoms with van der Waals surface area (Å²) in [6.45, 7) is 5.52. The van der Waals surface area contributed by atoms with Crippen molar-refractivity contribution in [3.05, 3.63) is 0 Å². The van der Waals surface area contributed by atoms with Crippen LogP contribution in [0.5, 0.6) is 0 Å². The minimum absolute atomic E-state index is 0.0219. The summed E-state index contributed by atoms with van der Waals surface area (Å²) >= 11 is 0. The zero-order chi connectivity index (χ0) is 15.4. The molecule has 2 atom stereocenters. The van der Waals surface area contributed by atoms with Gasteiger partial charge in [-0.15, -0.1) is 0 Å². The lowest BCUT2D eigenvalue weighted by Crippen LogP contribution is -2.53. The molecule has 2 saturated heterocycles. The number of carbonyl (C=O) groups is 1. The minimum Gasteiger partial charge on any atom is -0.376 e. The van der Waals surface area contributed by atoms with E-state index in [-0.39, 0.29) is 18.2 Å². The molecule has 1 aliphatic carbocycles.